The van der Waals surface area contributed by atoms with Crippen molar-refractivity contribution in [3.8, 4) is 6.07 Å². The minimum atomic E-state index is -0.879. The molecule has 8 aromatic carbocycles. The van der Waals surface area contributed by atoms with Crippen LogP contribution in [-0.2, 0) is 42.0 Å². The van der Waals surface area contributed by atoms with Gasteiger partial charge in [-0.25, -0.2) is 33.9 Å². The maximum absolute atomic E-state index is 10.2. The van der Waals surface area contributed by atoms with E-state index in [2.05, 4.69) is 170 Å². The van der Waals surface area contributed by atoms with Gasteiger partial charge in [0.05, 0.1) is 38.4 Å². The van der Waals surface area contributed by atoms with Crippen molar-refractivity contribution in [3.05, 3.63) is 242 Å². The number of carboxylic acids is 2. The summed E-state index contributed by atoms with van der Waals surface area (Å²) in [4.78, 5) is 20.4. The smallest absolute Gasteiger partial charge is 0.335 e. The molecular weight excluding hydrogens is 913 g/mol. The van der Waals surface area contributed by atoms with Gasteiger partial charge in [0.2, 0.25) is 0 Å². The third-order valence-electron chi connectivity index (χ3n) is 8.19. The van der Waals surface area contributed by atoms with Crippen molar-refractivity contribution in [2.75, 3.05) is 0 Å². The fourth-order valence-corrected chi connectivity index (χ4v) is 10.8. The Morgan fingerprint density at radius 2 is 0.617 bits per heavy atom. The summed E-state index contributed by atoms with van der Waals surface area (Å²) >= 11 is 0. The Balaban J connectivity index is 0.000000402. The molecule has 0 unspecified atom stereocenters. The molecule has 8 aromatic rings. The van der Waals surface area contributed by atoms with Gasteiger partial charge in [0.1, 0.15) is 0 Å². The first-order valence-corrected chi connectivity index (χ1v) is 21.2. The zero-order valence-corrected chi connectivity index (χ0v) is 37.7. The van der Waals surface area contributed by atoms with Gasteiger partial charge in [0.25, 0.3) is 0 Å². The van der Waals surface area contributed by atoms with E-state index in [1.807, 2.05) is 0 Å². The molecule has 10 heteroatoms. The molecule has 0 fully saturated rings. The van der Waals surface area contributed by atoms with E-state index in [1.165, 1.54) is 38.8 Å². The number of hydrogen-bond donors (Lipinski definition) is 2. The van der Waals surface area contributed by atoms with E-state index in [0.717, 1.165) is 0 Å². The van der Waals surface area contributed by atoms with Gasteiger partial charge in [-0.1, -0.05) is 109 Å². The molecule has 0 heterocycles. The van der Waals surface area contributed by atoms with Crippen LogP contribution in [-0.4, -0.2) is 22.2 Å². The number of nitrogens with zero attached hydrogens (tertiary/aromatic N) is 1. The molecule has 8 rings (SSSR count). The molecule has 5 N–H and O–H groups in total. The van der Waals surface area contributed by atoms with Crippen LogP contribution in [0.25, 0.3) is 0 Å². The van der Waals surface area contributed by atoms with Crippen molar-refractivity contribution in [1.29, 1.82) is 5.26 Å². The molecule has 0 bridgehead atoms. The van der Waals surface area contributed by atoms with Crippen molar-refractivity contribution in [2.45, 2.75) is 6.92 Å². The molecule has 0 aliphatic carbocycles. The maximum atomic E-state index is 10.2. The van der Waals surface area contributed by atoms with Crippen molar-refractivity contribution in [3.63, 3.8) is 0 Å². The third-order valence-corrected chi connectivity index (χ3v) is 13.7. The van der Waals surface area contributed by atoms with Crippen molar-refractivity contribution in [2.24, 2.45) is 0 Å². The number of carbonyl (C=O) groups is 2. The first kappa shape index (κ1) is 52.4. The number of hydrogen-bond acceptors (Lipinski definition) is 3. The summed E-state index contributed by atoms with van der Waals surface area (Å²) < 4.78 is 0. The number of rotatable bonds is 8. The van der Waals surface area contributed by atoms with Crippen LogP contribution in [0.3, 0.4) is 0 Å². The second kappa shape index (κ2) is 30.5. The summed E-state index contributed by atoms with van der Waals surface area (Å²) in [6.07, 6.45) is 0. The topological polar surface area (TPSA) is 131 Å². The largest absolute Gasteiger partial charge is 0.478 e. The SMILES string of the molecule is CC#N.O=C(O)c1ccccc1.O=C(O)c1ccccc1.[Fe].[OH3+].[Ru].c1ccc([PH+](c2ccccc2)[c-]2cccc2)cc1.c1ccc([PH+](c2ccccc2)[c-]2cccc2)cc1. The Hall–Kier alpha value is -5.59. The summed E-state index contributed by atoms with van der Waals surface area (Å²) in [7, 11) is -1.67. The Morgan fingerprint density at radius 1 is 0.433 bits per heavy atom. The minimum absolute atomic E-state index is 0. The number of nitriles is 1. The molecular formula is C50H48FeNO5P2Ru+. The van der Waals surface area contributed by atoms with Gasteiger partial charge >= 0.3 is 11.9 Å². The molecule has 6 nitrogen and oxygen atoms in total. The Labute approximate surface area is 379 Å². The van der Waals surface area contributed by atoms with Crippen molar-refractivity contribution < 1.29 is 61.8 Å². The fourth-order valence-electron chi connectivity index (χ4n) is 5.66. The van der Waals surface area contributed by atoms with E-state index in [9.17, 15) is 9.59 Å². The molecule has 0 aliphatic rings. The molecule has 0 saturated heterocycles. The van der Waals surface area contributed by atoms with E-state index < -0.39 is 27.8 Å². The first-order chi connectivity index (χ1) is 27.9. The Kier molecular flexibility index (Phi) is 26.6. The van der Waals surface area contributed by atoms with Crippen LogP contribution < -0.4 is 31.8 Å². The number of aromatic carboxylic acids is 2. The van der Waals surface area contributed by atoms with Gasteiger partial charge in [-0.15, -0.1) is 24.3 Å². The van der Waals surface area contributed by atoms with E-state index in [-0.39, 0.29) is 42.0 Å². The summed E-state index contributed by atoms with van der Waals surface area (Å²) in [5.74, 6) is -1.76. The van der Waals surface area contributed by atoms with E-state index >= 15 is 0 Å². The first-order valence-electron chi connectivity index (χ1n) is 18.2. The predicted molar refractivity (Wildman–Crippen MR) is 247 cm³/mol. The van der Waals surface area contributed by atoms with Crippen LogP contribution in [0, 0.1) is 11.3 Å². The number of benzene rings is 6. The number of carboxylic acid groups (broad SMARTS) is 2. The van der Waals surface area contributed by atoms with Crippen LogP contribution >= 0.6 is 15.8 Å². The fraction of sp³-hybridized carbons (Fsp3) is 0.0200. The Bertz CT molecular complexity index is 2070. The van der Waals surface area contributed by atoms with Crippen LogP contribution in [0.1, 0.15) is 27.6 Å². The standard InChI is InChI=1S/2C17H15P.2C7H6O2.C2H3N.Fe.H2O.Ru/c2*1-3-9-15(10-4-1)18(17-13-7-8-14-17)16-11-5-2-6-12-16;2*8-7(9)6-4-2-1-3-5-6;1-2-3;;;/h2*1-14,18H;2*1-5H,(H,8,9);1H3;;1H2;/p+1. The van der Waals surface area contributed by atoms with E-state index in [1.54, 1.807) is 66.7 Å². The van der Waals surface area contributed by atoms with Crippen molar-refractivity contribution in [1.82, 2.24) is 0 Å². The zero-order chi connectivity index (χ0) is 40.5. The van der Waals surface area contributed by atoms with Crippen LogP contribution in [0.5, 0.6) is 0 Å². The molecule has 0 radical (unpaired) electrons. The molecule has 0 amide bonds. The third kappa shape index (κ3) is 17.7. The molecule has 0 aromatic heterocycles. The van der Waals surface area contributed by atoms with Gasteiger partial charge in [-0.05, 0) is 83.4 Å². The second-order valence-corrected chi connectivity index (χ2v) is 17.1. The summed E-state index contributed by atoms with van der Waals surface area (Å²) in [5, 5.41) is 32.8. The molecule has 0 aliphatic heterocycles. The second-order valence-electron chi connectivity index (χ2n) is 12.1. The summed E-state index contributed by atoms with van der Waals surface area (Å²) in [6, 6.07) is 79.2. The minimum Gasteiger partial charge on any atom is -0.478 e. The average molecular weight is 962 g/mol. The average Bonchev–Trinajstić information content (AvgIpc) is 4.01. The molecule has 0 saturated carbocycles. The van der Waals surface area contributed by atoms with Gasteiger partial charge in [-0.2, -0.15) is 5.26 Å². The van der Waals surface area contributed by atoms with Gasteiger partial charge in [0, 0.05) is 59.3 Å². The monoisotopic (exact) mass is 962 g/mol. The van der Waals surface area contributed by atoms with Gasteiger partial charge in [-0.3, -0.25) is 0 Å². The van der Waals surface area contributed by atoms with Crippen LogP contribution in [0.4, 0.5) is 0 Å². The molecule has 60 heavy (non-hydrogen) atoms. The Morgan fingerprint density at radius 3 is 0.783 bits per heavy atom. The molecule has 0 atom stereocenters. The van der Waals surface area contributed by atoms with Gasteiger partial charge in [0.15, 0.2) is 0 Å². The van der Waals surface area contributed by atoms with Crippen LogP contribution in [0.2, 0.25) is 0 Å². The predicted octanol–water partition coefficient (Wildman–Crippen LogP) is 8.16. The summed E-state index contributed by atoms with van der Waals surface area (Å²) in [5.41, 5.74) is 0.662. The zero-order valence-electron chi connectivity index (χ0n) is 32.9. The van der Waals surface area contributed by atoms with E-state index in [0.29, 0.717) is 11.1 Å². The maximum Gasteiger partial charge on any atom is 0.335 e. The van der Waals surface area contributed by atoms with Gasteiger partial charge < -0.3 is 15.7 Å². The molecule has 0 spiro atoms. The van der Waals surface area contributed by atoms with E-state index in [4.69, 9.17) is 15.5 Å². The quantitative estimate of drug-likeness (QED) is 0.0687. The normalized spacial score (nSPS) is 9.23. The van der Waals surface area contributed by atoms with Crippen LogP contribution in [0.15, 0.2) is 231 Å². The molecule has 308 valence electrons. The summed E-state index contributed by atoms with van der Waals surface area (Å²) in [6.45, 7) is 1.43. The van der Waals surface area contributed by atoms with Crippen molar-refractivity contribution >= 4 is 59.6 Å².